The van der Waals surface area contributed by atoms with Gasteiger partial charge in [0.1, 0.15) is 0 Å². The number of nitrogens with zero attached hydrogens (tertiary/aromatic N) is 1. The van der Waals surface area contributed by atoms with Gasteiger partial charge in [0, 0.05) is 25.5 Å². The number of pyridine rings is 1. The van der Waals surface area contributed by atoms with E-state index in [1.807, 2.05) is 18.2 Å². The van der Waals surface area contributed by atoms with Crippen molar-refractivity contribution in [2.75, 3.05) is 0 Å². The highest BCUT2D eigenvalue weighted by atomic mass is 32.2. The van der Waals surface area contributed by atoms with E-state index in [4.69, 9.17) is 5.73 Å². The van der Waals surface area contributed by atoms with Crippen LogP contribution in [0.4, 0.5) is 0 Å². The summed E-state index contributed by atoms with van der Waals surface area (Å²) in [5.74, 6) is -0.0497. The molecule has 5 nitrogen and oxygen atoms in total. The van der Waals surface area contributed by atoms with Gasteiger partial charge in [-0.2, -0.15) is 0 Å². The summed E-state index contributed by atoms with van der Waals surface area (Å²) in [6.07, 6.45) is 3.27. The van der Waals surface area contributed by atoms with E-state index < -0.39 is 10.0 Å². The Morgan fingerprint density at radius 1 is 1.05 bits per heavy atom. The van der Waals surface area contributed by atoms with Gasteiger partial charge in [0.25, 0.3) is 0 Å². The number of sulfonamides is 1. The van der Waals surface area contributed by atoms with Crippen LogP contribution in [0.5, 0.6) is 0 Å². The van der Waals surface area contributed by atoms with Crippen LogP contribution in [0.1, 0.15) is 16.7 Å². The van der Waals surface area contributed by atoms with Crippen LogP contribution in [-0.4, -0.2) is 13.4 Å². The maximum Gasteiger partial charge on any atom is 0.216 e. The average Bonchev–Trinajstić information content (AvgIpc) is 2.46. The minimum absolute atomic E-state index is 0.0497. The average molecular weight is 291 g/mol. The fraction of sp³-hybridized carbons (Fsp3) is 0.214. The topological polar surface area (TPSA) is 85.1 Å². The fourth-order valence-electron chi connectivity index (χ4n) is 1.81. The molecular weight excluding hydrogens is 274 g/mol. The number of aromatic nitrogens is 1. The number of nitrogens with one attached hydrogen (secondary N) is 1. The summed E-state index contributed by atoms with van der Waals surface area (Å²) in [6.45, 7) is 0.666. The summed E-state index contributed by atoms with van der Waals surface area (Å²) in [5, 5.41) is 0. The van der Waals surface area contributed by atoms with Crippen molar-refractivity contribution in [2.24, 2.45) is 5.73 Å². The van der Waals surface area contributed by atoms with Gasteiger partial charge in [-0.05, 0) is 28.8 Å². The number of hydrogen-bond acceptors (Lipinski definition) is 4. The van der Waals surface area contributed by atoms with Gasteiger partial charge in [-0.1, -0.05) is 24.3 Å². The van der Waals surface area contributed by atoms with Crippen molar-refractivity contribution >= 4 is 10.0 Å². The van der Waals surface area contributed by atoms with Crippen LogP contribution in [0.25, 0.3) is 0 Å². The highest BCUT2D eigenvalue weighted by Crippen LogP contribution is 2.09. The standard InChI is InChI=1S/C14H17N3O2S/c15-9-13-2-1-3-14(8-13)11-20(18,19)17-10-12-4-6-16-7-5-12/h1-8,17H,9-11,15H2. The van der Waals surface area contributed by atoms with Gasteiger partial charge in [0.15, 0.2) is 0 Å². The second-order valence-corrected chi connectivity index (χ2v) is 6.27. The van der Waals surface area contributed by atoms with Crippen molar-refractivity contribution in [1.29, 1.82) is 0 Å². The summed E-state index contributed by atoms with van der Waals surface area (Å²) < 4.78 is 26.6. The lowest BCUT2D eigenvalue weighted by atomic mass is 10.1. The number of rotatable bonds is 6. The molecule has 0 radical (unpaired) electrons. The summed E-state index contributed by atoms with van der Waals surface area (Å²) in [6, 6.07) is 10.8. The van der Waals surface area contributed by atoms with E-state index in [1.165, 1.54) is 0 Å². The molecule has 106 valence electrons. The molecule has 1 heterocycles. The Bertz CT molecular complexity index is 657. The van der Waals surface area contributed by atoms with Crippen LogP contribution in [0.3, 0.4) is 0 Å². The first-order chi connectivity index (χ1) is 9.59. The molecule has 3 N–H and O–H groups in total. The van der Waals surface area contributed by atoms with E-state index in [0.29, 0.717) is 6.54 Å². The summed E-state index contributed by atoms with van der Waals surface area (Å²) in [4.78, 5) is 3.89. The highest BCUT2D eigenvalue weighted by molar-refractivity contribution is 7.88. The fourth-order valence-corrected chi connectivity index (χ4v) is 2.92. The Balaban J connectivity index is 2.00. The molecule has 6 heteroatoms. The molecule has 0 aliphatic rings. The quantitative estimate of drug-likeness (QED) is 0.836. The first-order valence-electron chi connectivity index (χ1n) is 6.23. The molecule has 1 aromatic carbocycles. The van der Waals surface area contributed by atoms with Gasteiger partial charge in [-0.25, -0.2) is 13.1 Å². The molecule has 0 saturated heterocycles. The zero-order chi connectivity index (χ0) is 14.4. The summed E-state index contributed by atoms with van der Waals surface area (Å²) in [5.41, 5.74) is 8.08. The predicted molar refractivity (Wildman–Crippen MR) is 78.0 cm³/mol. The van der Waals surface area contributed by atoms with Crippen molar-refractivity contribution in [3.8, 4) is 0 Å². The van der Waals surface area contributed by atoms with Gasteiger partial charge in [0.05, 0.1) is 5.75 Å². The number of benzene rings is 1. The maximum atomic E-state index is 12.0. The Morgan fingerprint density at radius 2 is 1.75 bits per heavy atom. The molecule has 1 aromatic heterocycles. The van der Waals surface area contributed by atoms with E-state index in [2.05, 4.69) is 9.71 Å². The van der Waals surface area contributed by atoms with Crippen molar-refractivity contribution in [2.45, 2.75) is 18.8 Å². The molecule has 2 rings (SSSR count). The SMILES string of the molecule is NCc1cccc(CS(=O)(=O)NCc2ccncc2)c1. The third-order valence-electron chi connectivity index (χ3n) is 2.83. The van der Waals surface area contributed by atoms with Crippen LogP contribution in [0.2, 0.25) is 0 Å². The van der Waals surface area contributed by atoms with E-state index in [0.717, 1.165) is 16.7 Å². The minimum Gasteiger partial charge on any atom is -0.326 e. The molecule has 0 atom stereocenters. The molecule has 2 aromatic rings. The van der Waals surface area contributed by atoms with Crippen molar-refractivity contribution in [3.63, 3.8) is 0 Å². The highest BCUT2D eigenvalue weighted by Gasteiger charge is 2.11. The van der Waals surface area contributed by atoms with E-state index in [1.54, 1.807) is 30.6 Å². The van der Waals surface area contributed by atoms with E-state index >= 15 is 0 Å². The van der Waals surface area contributed by atoms with Gasteiger partial charge in [0.2, 0.25) is 10.0 Å². The van der Waals surface area contributed by atoms with Crippen LogP contribution in [-0.2, 0) is 28.9 Å². The summed E-state index contributed by atoms with van der Waals surface area (Å²) >= 11 is 0. The lowest BCUT2D eigenvalue weighted by Gasteiger charge is -2.08. The van der Waals surface area contributed by atoms with Crippen molar-refractivity contribution in [1.82, 2.24) is 9.71 Å². The molecule has 0 aliphatic heterocycles. The monoisotopic (exact) mass is 291 g/mol. The third kappa shape index (κ3) is 4.41. The molecule has 0 amide bonds. The predicted octanol–water partition coefficient (Wildman–Crippen LogP) is 1.16. The zero-order valence-corrected chi connectivity index (χ0v) is 11.8. The molecule has 0 unspecified atom stereocenters. The Morgan fingerprint density at radius 3 is 2.45 bits per heavy atom. The third-order valence-corrected chi connectivity index (χ3v) is 4.13. The second kappa shape index (κ2) is 6.60. The smallest absolute Gasteiger partial charge is 0.216 e. The molecule has 0 fully saturated rings. The van der Waals surface area contributed by atoms with Crippen LogP contribution in [0, 0.1) is 0 Å². The lowest BCUT2D eigenvalue weighted by Crippen LogP contribution is -2.24. The summed E-state index contributed by atoms with van der Waals surface area (Å²) in [7, 11) is -3.37. The number of nitrogens with two attached hydrogens (primary N) is 1. The second-order valence-electron chi connectivity index (χ2n) is 4.46. The Kier molecular flexibility index (Phi) is 4.84. The molecule has 0 aliphatic carbocycles. The first-order valence-corrected chi connectivity index (χ1v) is 7.88. The van der Waals surface area contributed by atoms with E-state index in [-0.39, 0.29) is 12.3 Å². The minimum atomic E-state index is -3.37. The molecular formula is C14H17N3O2S. The van der Waals surface area contributed by atoms with Crippen LogP contribution in [0.15, 0.2) is 48.8 Å². The molecule has 0 bridgehead atoms. The maximum absolute atomic E-state index is 12.0. The Labute approximate surface area is 118 Å². The molecule has 0 saturated carbocycles. The van der Waals surface area contributed by atoms with Gasteiger partial charge in [-0.15, -0.1) is 0 Å². The largest absolute Gasteiger partial charge is 0.326 e. The molecule has 0 spiro atoms. The number of hydrogen-bond donors (Lipinski definition) is 2. The normalized spacial score (nSPS) is 11.4. The van der Waals surface area contributed by atoms with Crippen LogP contribution >= 0.6 is 0 Å². The van der Waals surface area contributed by atoms with Crippen LogP contribution < -0.4 is 10.5 Å². The first kappa shape index (κ1) is 14.6. The molecule has 20 heavy (non-hydrogen) atoms. The van der Waals surface area contributed by atoms with Crippen molar-refractivity contribution < 1.29 is 8.42 Å². The van der Waals surface area contributed by atoms with Gasteiger partial charge < -0.3 is 5.73 Å². The van der Waals surface area contributed by atoms with E-state index in [9.17, 15) is 8.42 Å². The van der Waals surface area contributed by atoms with Gasteiger partial charge >= 0.3 is 0 Å². The lowest BCUT2D eigenvalue weighted by molar-refractivity contribution is 0.580. The Hall–Kier alpha value is -1.76. The van der Waals surface area contributed by atoms with Gasteiger partial charge in [-0.3, -0.25) is 4.98 Å². The van der Waals surface area contributed by atoms with Crippen molar-refractivity contribution in [3.05, 3.63) is 65.5 Å². The zero-order valence-electron chi connectivity index (χ0n) is 11.0.